The molecule has 0 unspecified atom stereocenters. The minimum Gasteiger partial charge on any atom is -0.353 e. The lowest BCUT2D eigenvalue weighted by molar-refractivity contribution is -0.130. The SMILES string of the molecule is O=C(CCCc1c(-c2ccccn2)[nH]c2ccccc12)N1CCCC1. The van der Waals surface area contributed by atoms with Gasteiger partial charge in [0.25, 0.3) is 0 Å². The molecule has 25 heavy (non-hydrogen) atoms. The number of amides is 1. The van der Waals surface area contributed by atoms with Gasteiger partial charge in [0.2, 0.25) is 5.91 Å². The maximum absolute atomic E-state index is 12.3. The van der Waals surface area contributed by atoms with E-state index < -0.39 is 0 Å². The van der Waals surface area contributed by atoms with Gasteiger partial charge in [-0.15, -0.1) is 0 Å². The molecule has 4 rings (SSSR count). The number of rotatable bonds is 5. The van der Waals surface area contributed by atoms with Gasteiger partial charge < -0.3 is 9.88 Å². The summed E-state index contributed by atoms with van der Waals surface area (Å²) >= 11 is 0. The monoisotopic (exact) mass is 333 g/mol. The predicted molar refractivity (Wildman–Crippen MR) is 100 cm³/mol. The molecule has 1 aliphatic rings. The van der Waals surface area contributed by atoms with Crippen molar-refractivity contribution in [1.29, 1.82) is 0 Å². The van der Waals surface area contributed by atoms with E-state index in [4.69, 9.17) is 0 Å². The molecular weight excluding hydrogens is 310 g/mol. The van der Waals surface area contributed by atoms with Crippen molar-refractivity contribution >= 4 is 16.8 Å². The number of benzene rings is 1. The molecule has 0 bridgehead atoms. The third kappa shape index (κ3) is 3.29. The van der Waals surface area contributed by atoms with Crippen LogP contribution >= 0.6 is 0 Å². The number of H-pyrrole nitrogens is 1. The first-order chi connectivity index (χ1) is 12.3. The largest absolute Gasteiger partial charge is 0.353 e. The smallest absolute Gasteiger partial charge is 0.222 e. The zero-order chi connectivity index (χ0) is 17.1. The van der Waals surface area contributed by atoms with Crippen LogP contribution in [0.1, 0.15) is 31.2 Å². The van der Waals surface area contributed by atoms with Crippen LogP contribution < -0.4 is 0 Å². The second-order valence-electron chi connectivity index (χ2n) is 6.68. The van der Waals surface area contributed by atoms with Crippen molar-refractivity contribution in [3.63, 3.8) is 0 Å². The number of para-hydroxylation sites is 1. The molecule has 0 saturated carbocycles. The van der Waals surface area contributed by atoms with E-state index in [1.165, 1.54) is 10.9 Å². The Balaban J connectivity index is 1.56. The molecule has 2 aromatic heterocycles. The summed E-state index contributed by atoms with van der Waals surface area (Å²) in [6.45, 7) is 1.87. The normalized spacial score (nSPS) is 14.3. The highest BCUT2D eigenvalue weighted by molar-refractivity contribution is 5.90. The standard InChI is InChI=1S/C21H23N3O/c25-20(24-14-5-6-15-24)12-7-9-17-16-8-1-2-10-18(16)23-21(17)19-11-3-4-13-22-19/h1-4,8,10-11,13,23H,5-7,9,12,14-15H2. The van der Waals surface area contributed by atoms with E-state index in [0.717, 1.165) is 55.7 Å². The van der Waals surface area contributed by atoms with Gasteiger partial charge in [-0.3, -0.25) is 9.78 Å². The van der Waals surface area contributed by atoms with E-state index in [2.05, 4.69) is 28.2 Å². The van der Waals surface area contributed by atoms with Crippen LogP contribution in [0.25, 0.3) is 22.3 Å². The van der Waals surface area contributed by atoms with Crippen molar-refractivity contribution in [2.24, 2.45) is 0 Å². The molecular formula is C21H23N3O. The average molecular weight is 333 g/mol. The number of carbonyl (C=O) groups excluding carboxylic acids is 1. The quantitative estimate of drug-likeness (QED) is 0.761. The predicted octanol–water partition coefficient (Wildman–Crippen LogP) is 4.18. The van der Waals surface area contributed by atoms with Gasteiger partial charge in [0.15, 0.2) is 0 Å². The molecule has 1 aliphatic heterocycles. The van der Waals surface area contributed by atoms with E-state index in [9.17, 15) is 4.79 Å². The number of pyridine rings is 1. The van der Waals surface area contributed by atoms with Crippen LogP contribution in [0.4, 0.5) is 0 Å². The summed E-state index contributed by atoms with van der Waals surface area (Å²) in [6, 6.07) is 14.3. The first kappa shape index (κ1) is 15.9. The molecule has 128 valence electrons. The van der Waals surface area contributed by atoms with Crippen molar-refractivity contribution in [3.8, 4) is 11.4 Å². The number of nitrogens with zero attached hydrogens (tertiary/aromatic N) is 2. The van der Waals surface area contributed by atoms with E-state index in [1.807, 2.05) is 35.4 Å². The Hall–Kier alpha value is -2.62. The second kappa shape index (κ2) is 7.09. The fourth-order valence-corrected chi connectivity index (χ4v) is 3.73. The minimum absolute atomic E-state index is 0.303. The maximum atomic E-state index is 12.3. The fraction of sp³-hybridized carbons (Fsp3) is 0.333. The van der Waals surface area contributed by atoms with E-state index >= 15 is 0 Å². The lowest BCUT2D eigenvalue weighted by Gasteiger charge is -2.15. The van der Waals surface area contributed by atoms with Crippen molar-refractivity contribution < 1.29 is 4.79 Å². The molecule has 4 heteroatoms. The molecule has 1 N–H and O–H groups in total. The molecule has 1 aromatic carbocycles. The summed E-state index contributed by atoms with van der Waals surface area (Å²) in [5.74, 6) is 0.303. The van der Waals surface area contributed by atoms with Crippen LogP contribution in [-0.2, 0) is 11.2 Å². The Bertz CT molecular complexity index is 863. The Morgan fingerprint density at radius 2 is 1.88 bits per heavy atom. The zero-order valence-electron chi connectivity index (χ0n) is 14.4. The first-order valence-electron chi connectivity index (χ1n) is 9.12. The summed E-state index contributed by atoms with van der Waals surface area (Å²) in [5, 5.41) is 1.23. The van der Waals surface area contributed by atoms with Crippen LogP contribution in [0, 0.1) is 0 Å². The Morgan fingerprint density at radius 3 is 2.68 bits per heavy atom. The van der Waals surface area contributed by atoms with Gasteiger partial charge in [0, 0.05) is 36.6 Å². The third-order valence-electron chi connectivity index (χ3n) is 5.01. The van der Waals surface area contributed by atoms with Crippen LogP contribution in [0.15, 0.2) is 48.7 Å². The molecule has 4 nitrogen and oxygen atoms in total. The van der Waals surface area contributed by atoms with E-state index in [1.54, 1.807) is 0 Å². The van der Waals surface area contributed by atoms with Crippen molar-refractivity contribution in [1.82, 2.24) is 14.9 Å². The molecule has 1 saturated heterocycles. The minimum atomic E-state index is 0.303. The molecule has 0 spiro atoms. The Labute approximate surface area is 147 Å². The molecule has 0 aliphatic carbocycles. The fourth-order valence-electron chi connectivity index (χ4n) is 3.73. The molecule has 3 heterocycles. The molecule has 3 aromatic rings. The van der Waals surface area contributed by atoms with Crippen LogP contribution in [0.3, 0.4) is 0 Å². The topological polar surface area (TPSA) is 49.0 Å². The van der Waals surface area contributed by atoms with Gasteiger partial charge >= 0.3 is 0 Å². The van der Waals surface area contributed by atoms with Crippen LogP contribution in [-0.4, -0.2) is 33.9 Å². The van der Waals surface area contributed by atoms with Crippen molar-refractivity contribution in [2.45, 2.75) is 32.1 Å². The van der Waals surface area contributed by atoms with Crippen LogP contribution in [0.2, 0.25) is 0 Å². The van der Waals surface area contributed by atoms with Gasteiger partial charge in [-0.2, -0.15) is 0 Å². The highest BCUT2D eigenvalue weighted by Crippen LogP contribution is 2.30. The summed E-state index contributed by atoms with van der Waals surface area (Å²) < 4.78 is 0. The summed E-state index contributed by atoms with van der Waals surface area (Å²) in [6.07, 6.45) is 6.51. The lowest BCUT2D eigenvalue weighted by Crippen LogP contribution is -2.27. The number of likely N-dealkylation sites (tertiary alicyclic amines) is 1. The lowest BCUT2D eigenvalue weighted by atomic mass is 10.0. The van der Waals surface area contributed by atoms with Gasteiger partial charge in [-0.05, 0) is 49.4 Å². The van der Waals surface area contributed by atoms with E-state index in [-0.39, 0.29) is 0 Å². The number of hydrogen-bond donors (Lipinski definition) is 1. The van der Waals surface area contributed by atoms with E-state index in [0.29, 0.717) is 12.3 Å². The molecule has 1 fully saturated rings. The number of aromatic amines is 1. The Kier molecular flexibility index (Phi) is 4.51. The third-order valence-corrected chi connectivity index (χ3v) is 5.01. The second-order valence-corrected chi connectivity index (χ2v) is 6.68. The molecule has 0 radical (unpaired) electrons. The van der Waals surface area contributed by atoms with Crippen molar-refractivity contribution in [3.05, 3.63) is 54.2 Å². The van der Waals surface area contributed by atoms with Crippen molar-refractivity contribution in [2.75, 3.05) is 13.1 Å². The van der Waals surface area contributed by atoms with Gasteiger partial charge in [-0.25, -0.2) is 0 Å². The number of nitrogens with one attached hydrogen (secondary N) is 1. The zero-order valence-corrected chi connectivity index (χ0v) is 14.4. The van der Waals surface area contributed by atoms with Crippen LogP contribution in [0.5, 0.6) is 0 Å². The number of carbonyl (C=O) groups is 1. The summed E-state index contributed by atoms with van der Waals surface area (Å²) in [5.41, 5.74) is 4.43. The number of hydrogen-bond acceptors (Lipinski definition) is 2. The summed E-state index contributed by atoms with van der Waals surface area (Å²) in [4.78, 5) is 22.3. The van der Waals surface area contributed by atoms with Gasteiger partial charge in [0.1, 0.15) is 0 Å². The highest BCUT2D eigenvalue weighted by atomic mass is 16.2. The highest BCUT2D eigenvalue weighted by Gasteiger charge is 2.18. The van der Waals surface area contributed by atoms with Gasteiger partial charge in [-0.1, -0.05) is 24.3 Å². The average Bonchev–Trinajstić information content (AvgIpc) is 3.31. The Morgan fingerprint density at radius 1 is 1.08 bits per heavy atom. The first-order valence-corrected chi connectivity index (χ1v) is 9.12. The maximum Gasteiger partial charge on any atom is 0.222 e. The molecule has 1 amide bonds. The molecule has 0 atom stereocenters. The number of aryl methyl sites for hydroxylation is 1. The number of aromatic nitrogens is 2. The summed E-state index contributed by atoms with van der Waals surface area (Å²) in [7, 11) is 0. The van der Waals surface area contributed by atoms with Gasteiger partial charge in [0.05, 0.1) is 11.4 Å². The number of fused-ring (bicyclic) bond motifs is 1.